The third-order valence-electron chi connectivity index (χ3n) is 3.36. The van der Waals surface area contributed by atoms with Gasteiger partial charge in [-0.25, -0.2) is 4.68 Å². The Morgan fingerprint density at radius 1 is 1.30 bits per heavy atom. The van der Waals surface area contributed by atoms with Gasteiger partial charge < -0.3 is 5.73 Å². The summed E-state index contributed by atoms with van der Waals surface area (Å²) in [5.41, 5.74) is 4.54. The van der Waals surface area contributed by atoms with Crippen LogP contribution in [0.5, 0.6) is 0 Å². The lowest BCUT2D eigenvalue weighted by Gasteiger charge is -2.20. The summed E-state index contributed by atoms with van der Waals surface area (Å²) in [6, 6.07) is 4.83. The summed E-state index contributed by atoms with van der Waals surface area (Å²) in [5, 5.41) is 10.7. The maximum Gasteiger partial charge on any atom is 0.413 e. The van der Waals surface area contributed by atoms with Crippen molar-refractivity contribution < 1.29 is 13.2 Å². The van der Waals surface area contributed by atoms with Gasteiger partial charge in [-0.2, -0.15) is 13.2 Å². The van der Waals surface area contributed by atoms with Crippen LogP contribution >= 0.6 is 15.9 Å². The molecule has 2 aromatic rings. The van der Waals surface area contributed by atoms with E-state index in [9.17, 15) is 13.2 Å². The van der Waals surface area contributed by atoms with Crippen LogP contribution in [0.1, 0.15) is 12.8 Å². The van der Waals surface area contributed by atoms with Crippen LogP contribution in [0.4, 0.5) is 18.9 Å². The highest BCUT2D eigenvalue weighted by atomic mass is 79.9. The van der Waals surface area contributed by atoms with Gasteiger partial charge in [-0.3, -0.25) is 0 Å². The molecule has 0 saturated heterocycles. The zero-order valence-corrected chi connectivity index (χ0v) is 11.6. The number of benzene rings is 1. The van der Waals surface area contributed by atoms with E-state index in [1.165, 1.54) is 0 Å². The lowest BCUT2D eigenvalue weighted by molar-refractivity contribution is -0.182. The molecule has 3 rings (SSSR count). The van der Waals surface area contributed by atoms with Crippen molar-refractivity contribution >= 4 is 21.6 Å². The summed E-state index contributed by atoms with van der Waals surface area (Å²) in [7, 11) is 0. The Bertz CT molecular complexity index is 662. The van der Waals surface area contributed by atoms with E-state index < -0.39 is 11.7 Å². The SMILES string of the molecule is Nc1ccc(Br)c(-c2nnnn2C2(C(F)(F)F)CC2)c1. The van der Waals surface area contributed by atoms with Crippen molar-refractivity contribution in [2.24, 2.45) is 0 Å². The molecule has 2 N–H and O–H groups in total. The van der Waals surface area contributed by atoms with Crippen LogP contribution in [0.25, 0.3) is 11.4 Å². The Morgan fingerprint density at radius 3 is 2.60 bits per heavy atom. The fourth-order valence-corrected chi connectivity index (χ4v) is 2.52. The molecule has 0 amide bonds. The highest BCUT2D eigenvalue weighted by molar-refractivity contribution is 9.10. The molecule has 1 aromatic carbocycles. The van der Waals surface area contributed by atoms with Crippen LogP contribution < -0.4 is 5.73 Å². The molecule has 1 fully saturated rings. The van der Waals surface area contributed by atoms with Crippen molar-refractivity contribution in [1.29, 1.82) is 0 Å². The minimum atomic E-state index is -4.38. The van der Waals surface area contributed by atoms with Crippen molar-refractivity contribution in [3.8, 4) is 11.4 Å². The first kappa shape index (κ1) is 13.3. The van der Waals surface area contributed by atoms with Crippen LogP contribution in [0, 0.1) is 0 Å². The molecule has 1 aliphatic rings. The van der Waals surface area contributed by atoms with Gasteiger partial charge in [0.1, 0.15) is 0 Å². The standard InChI is InChI=1S/C11H9BrF3N5/c12-8-2-1-6(16)5-7(8)9-17-18-19-20(9)10(3-4-10)11(13,14)15/h1-2,5H,3-4,16H2. The summed E-state index contributed by atoms with van der Waals surface area (Å²) in [6.45, 7) is 0. The lowest BCUT2D eigenvalue weighted by Crippen LogP contribution is -2.36. The molecule has 1 heterocycles. The van der Waals surface area contributed by atoms with Crippen LogP contribution in [-0.4, -0.2) is 26.4 Å². The number of hydrogen-bond acceptors (Lipinski definition) is 4. The molecule has 5 nitrogen and oxygen atoms in total. The minimum absolute atomic E-state index is 0.0194. The van der Waals surface area contributed by atoms with Gasteiger partial charge >= 0.3 is 6.18 Å². The van der Waals surface area contributed by atoms with Crippen molar-refractivity contribution in [2.45, 2.75) is 24.6 Å². The second-order valence-corrected chi connectivity index (χ2v) is 5.54. The zero-order chi connectivity index (χ0) is 14.5. The molecular formula is C11H9BrF3N5. The summed E-state index contributed by atoms with van der Waals surface area (Å²) in [6.07, 6.45) is -4.42. The maximum absolute atomic E-state index is 13.2. The molecular weight excluding hydrogens is 339 g/mol. The largest absolute Gasteiger partial charge is 0.413 e. The van der Waals surface area contributed by atoms with E-state index >= 15 is 0 Å². The molecule has 0 bridgehead atoms. The van der Waals surface area contributed by atoms with E-state index in [1.54, 1.807) is 18.2 Å². The van der Waals surface area contributed by atoms with Crippen LogP contribution in [0.2, 0.25) is 0 Å². The average Bonchev–Trinajstić information content (AvgIpc) is 3.05. The van der Waals surface area contributed by atoms with Crippen molar-refractivity contribution in [2.75, 3.05) is 5.73 Å². The first-order valence-electron chi connectivity index (χ1n) is 5.76. The normalized spacial score (nSPS) is 17.2. The molecule has 20 heavy (non-hydrogen) atoms. The summed E-state index contributed by atoms with van der Waals surface area (Å²) in [4.78, 5) is 0. The molecule has 1 aliphatic carbocycles. The Hall–Kier alpha value is -1.64. The summed E-state index contributed by atoms with van der Waals surface area (Å²) < 4.78 is 41.0. The van der Waals surface area contributed by atoms with Gasteiger partial charge in [0.05, 0.1) is 0 Å². The number of nitrogens with two attached hydrogens (primary N) is 1. The highest BCUT2D eigenvalue weighted by Crippen LogP contribution is 2.56. The minimum Gasteiger partial charge on any atom is -0.399 e. The number of halogens is 4. The number of anilines is 1. The molecule has 0 aliphatic heterocycles. The van der Waals surface area contributed by atoms with Gasteiger partial charge in [-0.1, -0.05) is 15.9 Å². The molecule has 106 valence electrons. The molecule has 0 spiro atoms. The van der Waals surface area contributed by atoms with Crippen LogP contribution in [0.15, 0.2) is 22.7 Å². The number of nitrogen functional groups attached to an aromatic ring is 1. The summed E-state index contributed by atoms with van der Waals surface area (Å²) in [5.74, 6) is 0.0546. The third-order valence-corrected chi connectivity index (χ3v) is 4.05. The number of alkyl halides is 3. The number of aromatic nitrogens is 4. The van der Waals surface area contributed by atoms with Gasteiger partial charge in [0.25, 0.3) is 0 Å². The van der Waals surface area contributed by atoms with Gasteiger partial charge in [0.15, 0.2) is 11.4 Å². The average molecular weight is 348 g/mol. The monoisotopic (exact) mass is 347 g/mol. The van der Waals surface area contributed by atoms with Gasteiger partial charge in [0.2, 0.25) is 0 Å². The van der Waals surface area contributed by atoms with Crippen molar-refractivity contribution in [1.82, 2.24) is 20.2 Å². The number of hydrogen-bond donors (Lipinski definition) is 1. The quantitative estimate of drug-likeness (QED) is 0.848. The predicted molar refractivity (Wildman–Crippen MR) is 68.6 cm³/mol. The lowest BCUT2D eigenvalue weighted by atomic mass is 10.1. The van der Waals surface area contributed by atoms with Crippen molar-refractivity contribution in [3.05, 3.63) is 22.7 Å². The predicted octanol–water partition coefficient (Wildman–Crippen LogP) is 2.74. The topological polar surface area (TPSA) is 69.6 Å². The molecule has 1 saturated carbocycles. The Kier molecular flexibility index (Phi) is 2.79. The van der Waals surface area contributed by atoms with Crippen LogP contribution in [-0.2, 0) is 5.54 Å². The Balaban J connectivity index is 2.15. The van der Waals surface area contributed by atoms with E-state index in [4.69, 9.17) is 5.73 Å². The second kappa shape index (κ2) is 4.18. The zero-order valence-electron chi connectivity index (χ0n) is 10.0. The van der Waals surface area contributed by atoms with Crippen molar-refractivity contribution in [3.63, 3.8) is 0 Å². The Labute approximate surface area is 120 Å². The Morgan fingerprint density at radius 2 is 2.00 bits per heavy atom. The first-order chi connectivity index (χ1) is 9.35. The summed E-state index contributed by atoms with van der Waals surface area (Å²) >= 11 is 3.28. The molecule has 0 radical (unpaired) electrons. The third kappa shape index (κ3) is 1.88. The maximum atomic E-state index is 13.2. The van der Waals surface area contributed by atoms with E-state index in [-0.39, 0.29) is 18.7 Å². The molecule has 9 heteroatoms. The number of nitrogens with zero attached hydrogens (tertiary/aromatic N) is 4. The number of tetrazole rings is 1. The first-order valence-corrected chi connectivity index (χ1v) is 6.55. The fourth-order valence-electron chi connectivity index (χ4n) is 2.09. The fraction of sp³-hybridized carbons (Fsp3) is 0.364. The number of rotatable bonds is 2. The molecule has 0 unspecified atom stereocenters. The van der Waals surface area contributed by atoms with E-state index in [0.717, 1.165) is 4.68 Å². The van der Waals surface area contributed by atoms with Crippen LogP contribution in [0.3, 0.4) is 0 Å². The van der Waals surface area contributed by atoms with Gasteiger partial charge in [-0.05, 0) is 41.5 Å². The smallest absolute Gasteiger partial charge is 0.399 e. The van der Waals surface area contributed by atoms with E-state index in [0.29, 0.717) is 15.7 Å². The highest BCUT2D eigenvalue weighted by Gasteiger charge is 2.66. The second-order valence-electron chi connectivity index (χ2n) is 4.68. The van der Waals surface area contributed by atoms with Gasteiger partial charge in [-0.15, -0.1) is 5.10 Å². The molecule has 0 atom stereocenters. The molecule has 1 aromatic heterocycles. The van der Waals surface area contributed by atoms with E-state index in [2.05, 4.69) is 31.5 Å². The van der Waals surface area contributed by atoms with Gasteiger partial charge in [0, 0.05) is 15.7 Å². The van der Waals surface area contributed by atoms with E-state index in [1.807, 2.05) is 0 Å².